The number of hydrogen-bond donors (Lipinski definition) is 2. The molecule has 27 heavy (non-hydrogen) atoms. The Morgan fingerprint density at radius 3 is 2.70 bits per heavy atom. The van der Waals surface area contributed by atoms with E-state index in [4.69, 9.17) is 10.2 Å². The van der Waals surface area contributed by atoms with Gasteiger partial charge in [0.05, 0.1) is 5.75 Å². The third kappa shape index (κ3) is 5.01. The van der Waals surface area contributed by atoms with E-state index >= 15 is 0 Å². The minimum Gasteiger partial charge on any atom is -0.455 e. The number of nitrogens with two attached hydrogens (primary N) is 1. The summed E-state index contributed by atoms with van der Waals surface area (Å²) in [5, 5.41) is 3.50. The number of carbonyl (C=O) groups is 2. The van der Waals surface area contributed by atoms with Crippen LogP contribution in [0.3, 0.4) is 0 Å². The number of thioether (sulfide) groups is 1. The van der Waals surface area contributed by atoms with Crippen molar-refractivity contribution >= 4 is 23.6 Å². The van der Waals surface area contributed by atoms with Crippen molar-refractivity contribution in [1.29, 1.82) is 0 Å². The molecule has 3 N–H and O–H groups in total. The van der Waals surface area contributed by atoms with E-state index < -0.39 is 17.9 Å². The van der Waals surface area contributed by atoms with Gasteiger partial charge in [-0.2, -0.15) is 0 Å². The number of furan rings is 1. The molecule has 2 aromatic heterocycles. The SMILES string of the molecule is Cn1ccnc1SCc1ccc(C(=O)NC(Cc2ccccc2)C(N)=O)o1. The number of aryl methyl sites for hydroxylation is 1. The molecule has 140 valence electrons. The number of primary amides is 1. The van der Waals surface area contributed by atoms with E-state index in [1.165, 1.54) is 11.8 Å². The molecule has 0 aliphatic heterocycles. The summed E-state index contributed by atoms with van der Waals surface area (Å²) in [5.41, 5.74) is 6.35. The van der Waals surface area contributed by atoms with Crippen molar-refractivity contribution in [2.75, 3.05) is 0 Å². The molecule has 0 saturated heterocycles. The molecular weight excluding hydrogens is 364 g/mol. The summed E-state index contributed by atoms with van der Waals surface area (Å²) in [6, 6.07) is 11.9. The van der Waals surface area contributed by atoms with Gasteiger partial charge in [-0.1, -0.05) is 42.1 Å². The van der Waals surface area contributed by atoms with Crippen LogP contribution < -0.4 is 11.1 Å². The van der Waals surface area contributed by atoms with Crippen molar-refractivity contribution in [3.8, 4) is 0 Å². The second-order valence-corrected chi connectivity index (χ2v) is 6.94. The maximum atomic E-state index is 12.4. The molecule has 0 fully saturated rings. The van der Waals surface area contributed by atoms with Crippen LogP contribution in [0.4, 0.5) is 0 Å². The lowest BCUT2D eigenvalue weighted by molar-refractivity contribution is -0.119. The first kappa shape index (κ1) is 18.8. The fraction of sp³-hybridized carbons (Fsp3) is 0.211. The van der Waals surface area contributed by atoms with Crippen LogP contribution in [0.5, 0.6) is 0 Å². The average Bonchev–Trinajstić information content (AvgIpc) is 3.29. The Kier molecular flexibility index (Phi) is 5.97. The smallest absolute Gasteiger partial charge is 0.287 e. The fourth-order valence-electron chi connectivity index (χ4n) is 2.51. The lowest BCUT2D eigenvalue weighted by Crippen LogP contribution is -2.45. The van der Waals surface area contributed by atoms with Crippen LogP contribution in [-0.2, 0) is 24.0 Å². The molecule has 3 rings (SSSR count). The van der Waals surface area contributed by atoms with Crippen molar-refractivity contribution in [3.63, 3.8) is 0 Å². The summed E-state index contributed by atoms with van der Waals surface area (Å²) in [4.78, 5) is 28.3. The van der Waals surface area contributed by atoms with Crippen molar-refractivity contribution in [2.45, 2.75) is 23.4 Å². The standard InChI is InChI=1S/C19H20N4O3S/c1-23-10-9-21-19(23)27-12-14-7-8-16(26-14)18(25)22-15(17(20)24)11-13-5-3-2-4-6-13/h2-10,15H,11-12H2,1H3,(H2,20,24)(H,22,25). The Labute approximate surface area is 161 Å². The Balaban J connectivity index is 1.60. The first-order valence-electron chi connectivity index (χ1n) is 8.36. The van der Waals surface area contributed by atoms with Gasteiger partial charge in [0.2, 0.25) is 5.91 Å². The van der Waals surface area contributed by atoms with Gasteiger partial charge in [0.25, 0.3) is 5.91 Å². The van der Waals surface area contributed by atoms with E-state index in [2.05, 4.69) is 10.3 Å². The molecule has 1 unspecified atom stereocenters. The lowest BCUT2D eigenvalue weighted by Gasteiger charge is -2.14. The molecule has 2 heterocycles. The highest BCUT2D eigenvalue weighted by Gasteiger charge is 2.21. The summed E-state index contributed by atoms with van der Waals surface area (Å²) in [5.74, 6) is 0.269. The predicted octanol–water partition coefficient (Wildman–Crippen LogP) is 2.13. The first-order valence-corrected chi connectivity index (χ1v) is 9.34. The van der Waals surface area contributed by atoms with Crippen molar-refractivity contribution in [2.24, 2.45) is 12.8 Å². The monoisotopic (exact) mass is 384 g/mol. The van der Waals surface area contributed by atoms with Crippen molar-refractivity contribution in [3.05, 3.63) is 71.9 Å². The van der Waals surface area contributed by atoms with Gasteiger partial charge in [-0.3, -0.25) is 9.59 Å². The highest BCUT2D eigenvalue weighted by molar-refractivity contribution is 7.98. The Morgan fingerprint density at radius 2 is 2.04 bits per heavy atom. The van der Waals surface area contributed by atoms with Gasteiger partial charge in [0, 0.05) is 25.9 Å². The summed E-state index contributed by atoms with van der Waals surface area (Å²) >= 11 is 1.50. The van der Waals surface area contributed by atoms with Crippen LogP contribution in [0, 0.1) is 0 Å². The van der Waals surface area contributed by atoms with E-state index in [9.17, 15) is 9.59 Å². The molecule has 0 saturated carbocycles. The van der Waals surface area contributed by atoms with Gasteiger partial charge >= 0.3 is 0 Å². The zero-order valence-corrected chi connectivity index (χ0v) is 15.6. The quantitative estimate of drug-likeness (QED) is 0.579. The summed E-state index contributed by atoms with van der Waals surface area (Å²) < 4.78 is 7.50. The first-order chi connectivity index (χ1) is 13.0. The van der Waals surface area contributed by atoms with E-state index in [0.717, 1.165) is 10.7 Å². The average molecular weight is 384 g/mol. The van der Waals surface area contributed by atoms with Gasteiger partial charge in [-0.05, 0) is 17.7 Å². The zero-order chi connectivity index (χ0) is 19.2. The molecule has 0 bridgehead atoms. The number of nitrogens with zero attached hydrogens (tertiary/aromatic N) is 2. The lowest BCUT2D eigenvalue weighted by atomic mass is 10.1. The molecule has 0 radical (unpaired) electrons. The maximum Gasteiger partial charge on any atom is 0.287 e. The number of hydrogen-bond acceptors (Lipinski definition) is 5. The summed E-state index contributed by atoms with van der Waals surface area (Å²) in [6.45, 7) is 0. The number of carbonyl (C=O) groups excluding carboxylic acids is 2. The van der Waals surface area contributed by atoms with Crippen LogP contribution in [0.15, 0.2) is 64.4 Å². The molecular formula is C19H20N4O3S. The van der Waals surface area contributed by atoms with Crippen molar-refractivity contribution in [1.82, 2.24) is 14.9 Å². The van der Waals surface area contributed by atoms with E-state index in [-0.39, 0.29) is 5.76 Å². The number of benzene rings is 1. The maximum absolute atomic E-state index is 12.4. The normalized spacial score (nSPS) is 11.9. The van der Waals surface area contributed by atoms with E-state index in [1.807, 2.05) is 48.1 Å². The molecule has 1 aromatic carbocycles. The number of imidazole rings is 1. The number of amides is 2. The second-order valence-electron chi connectivity index (χ2n) is 5.99. The van der Waals surface area contributed by atoms with Crippen molar-refractivity contribution < 1.29 is 14.0 Å². The van der Waals surface area contributed by atoms with Crippen LogP contribution in [-0.4, -0.2) is 27.4 Å². The molecule has 0 aliphatic carbocycles. The van der Waals surface area contributed by atoms with Gasteiger partial charge < -0.3 is 20.0 Å². The molecule has 1 atom stereocenters. The molecule has 0 spiro atoms. The molecule has 3 aromatic rings. The van der Waals surface area contributed by atoms with Crippen LogP contribution in [0.1, 0.15) is 21.9 Å². The second kappa shape index (κ2) is 8.59. The largest absolute Gasteiger partial charge is 0.455 e. The van der Waals surface area contributed by atoms with Gasteiger partial charge in [-0.15, -0.1) is 0 Å². The third-order valence-electron chi connectivity index (χ3n) is 3.94. The van der Waals surface area contributed by atoms with Gasteiger partial charge in [0.15, 0.2) is 10.9 Å². The fourth-order valence-corrected chi connectivity index (χ4v) is 3.33. The minimum absolute atomic E-state index is 0.143. The van der Waals surface area contributed by atoms with Crippen LogP contribution in [0.2, 0.25) is 0 Å². The van der Waals surface area contributed by atoms with E-state index in [1.54, 1.807) is 18.3 Å². The number of aromatic nitrogens is 2. The number of rotatable bonds is 8. The topological polar surface area (TPSA) is 103 Å². The molecule has 8 heteroatoms. The summed E-state index contributed by atoms with van der Waals surface area (Å²) in [7, 11) is 1.91. The Morgan fingerprint density at radius 1 is 1.26 bits per heavy atom. The molecule has 0 aliphatic rings. The minimum atomic E-state index is -0.810. The molecule has 7 nitrogen and oxygen atoms in total. The van der Waals surface area contributed by atoms with E-state index in [0.29, 0.717) is 17.9 Å². The Bertz CT molecular complexity index is 920. The van der Waals surface area contributed by atoms with Crippen LogP contribution in [0.25, 0.3) is 0 Å². The van der Waals surface area contributed by atoms with Crippen LogP contribution >= 0.6 is 11.8 Å². The molecule has 2 amide bonds. The third-order valence-corrected chi connectivity index (χ3v) is 5.02. The highest BCUT2D eigenvalue weighted by Crippen LogP contribution is 2.22. The van der Waals surface area contributed by atoms with Gasteiger partial charge in [-0.25, -0.2) is 4.98 Å². The number of nitrogens with one attached hydrogen (secondary N) is 1. The zero-order valence-electron chi connectivity index (χ0n) is 14.8. The predicted molar refractivity (Wildman–Crippen MR) is 102 cm³/mol. The summed E-state index contributed by atoms with van der Waals surface area (Å²) in [6.07, 6.45) is 3.91. The Hall–Kier alpha value is -3.00. The van der Waals surface area contributed by atoms with Gasteiger partial charge in [0.1, 0.15) is 11.8 Å². The highest BCUT2D eigenvalue weighted by atomic mass is 32.2.